The van der Waals surface area contributed by atoms with E-state index in [1.54, 1.807) is 31.4 Å². The number of likely N-dealkylation sites (N-methyl/N-ethyl adjacent to an activating group) is 2. The molecule has 0 spiro atoms. The minimum Gasteiger partial charge on any atom is -0.495 e. The van der Waals surface area contributed by atoms with Crippen molar-refractivity contribution in [3.8, 4) is 17.6 Å². The fourth-order valence-electron chi connectivity index (χ4n) is 5.26. The van der Waals surface area contributed by atoms with Crippen LogP contribution in [-0.4, -0.2) is 90.4 Å². The summed E-state index contributed by atoms with van der Waals surface area (Å²) in [6, 6.07) is 11.6. The number of alkyl halides is 3. The summed E-state index contributed by atoms with van der Waals surface area (Å²) >= 11 is 0. The number of methoxy groups -OCH3 is 2. The number of anilines is 2. The summed E-state index contributed by atoms with van der Waals surface area (Å²) in [7, 11) is 3.69. The van der Waals surface area contributed by atoms with Crippen LogP contribution >= 0.6 is 0 Å². The maximum atomic E-state index is 13.7. The molecule has 0 radical (unpaired) electrons. The number of nitrogens with one attached hydrogen (secondary N) is 1. The summed E-state index contributed by atoms with van der Waals surface area (Å²) in [5.74, 6) is 6.12. The van der Waals surface area contributed by atoms with Gasteiger partial charge in [0, 0.05) is 44.1 Å². The van der Waals surface area contributed by atoms with E-state index in [1.165, 1.54) is 23.8 Å². The number of benzene rings is 2. The fraction of sp³-hybridized carbons (Fsp3) is 0.448. The molecule has 4 rings (SSSR count). The largest absolute Gasteiger partial charge is 0.495 e. The zero-order valence-corrected chi connectivity index (χ0v) is 24.6. The topological polar surface area (TPSA) is 76.0 Å². The molecule has 2 aromatic carbocycles. The molecule has 0 bridgehead atoms. The van der Waals surface area contributed by atoms with Crippen molar-refractivity contribution in [3.63, 3.8) is 0 Å². The Kier molecular flexibility index (Phi) is 9.11. The molecule has 3 aromatic rings. The first-order chi connectivity index (χ1) is 19.3. The molecule has 0 unspecified atom stereocenters. The van der Waals surface area contributed by atoms with Crippen LogP contribution in [0, 0.1) is 11.8 Å². The molecule has 41 heavy (non-hydrogen) atoms. The molecule has 0 aliphatic carbocycles. The molecule has 12 heteroatoms. The van der Waals surface area contributed by atoms with Crippen molar-refractivity contribution in [2.24, 2.45) is 0 Å². The van der Waals surface area contributed by atoms with E-state index < -0.39 is 22.6 Å². The first-order valence-electron chi connectivity index (χ1n) is 13.1. The van der Waals surface area contributed by atoms with Crippen LogP contribution in [0.2, 0.25) is 0 Å². The van der Waals surface area contributed by atoms with E-state index in [4.69, 9.17) is 9.47 Å². The van der Waals surface area contributed by atoms with Gasteiger partial charge in [0.05, 0.1) is 47.6 Å². The highest BCUT2D eigenvalue weighted by Gasteiger charge is 2.33. The lowest BCUT2D eigenvalue weighted by Gasteiger charge is -2.41. The second-order valence-corrected chi connectivity index (χ2v) is 12.2. The van der Waals surface area contributed by atoms with Gasteiger partial charge in [-0.1, -0.05) is 12.0 Å². The maximum absolute atomic E-state index is 13.7. The zero-order valence-electron chi connectivity index (χ0n) is 23.7. The minimum absolute atomic E-state index is 0.0416. The number of fused-ring (bicyclic) bond motifs is 1. The Hall–Kier alpha value is -3.40. The van der Waals surface area contributed by atoms with Crippen LogP contribution < -0.4 is 15.0 Å². The van der Waals surface area contributed by atoms with Crippen LogP contribution in [0.4, 0.5) is 24.5 Å². The summed E-state index contributed by atoms with van der Waals surface area (Å²) in [6.45, 7) is 0.588. The third-order valence-electron chi connectivity index (χ3n) is 7.35. The van der Waals surface area contributed by atoms with Gasteiger partial charge in [-0.15, -0.1) is 0 Å². The van der Waals surface area contributed by atoms with Gasteiger partial charge in [-0.05, 0) is 56.3 Å². The number of rotatable bonds is 8. The van der Waals surface area contributed by atoms with Gasteiger partial charge in [0.25, 0.3) is 0 Å². The summed E-state index contributed by atoms with van der Waals surface area (Å²) < 4.78 is 76.9. The molecule has 1 saturated heterocycles. The second kappa shape index (κ2) is 12.2. The van der Waals surface area contributed by atoms with E-state index in [1.807, 2.05) is 20.2 Å². The van der Waals surface area contributed by atoms with E-state index >= 15 is 0 Å². The average molecular weight is 593 g/mol. The SMILES string of the molecule is COc1cc(S(C)(=O)=O)ccc1NCC#Cc1cc2c(N(C)[C@@H]3CCN(C)C[C@@H]3OC)cccc2n1CC(F)(F)F. The van der Waals surface area contributed by atoms with Gasteiger partial charge in [0.15, 0.2) is 9.84 Å². The predicted octanol–water partition coefficient (Wildman–Crippen LogP) is 4.23. The number of hydrogen-bond acceptors (Lipinski definition) is 7. The van der Waals surface area contributed by atoms with Crippen molar-refractivity contribution in [1.82, 2.24) is 9.47 Å². The van der Waals surface area contributed by atoms with Crippen LogP contribution in [0.5, 0.6) is 5.75 Å². The van der Waals surface area contributed by atoms with E-state index in [9.17, 15) is 21.6 Å². The van der Waals surface area contributed by atoms with E-state index in [2.05, 4.69) is 27.0 Å². The molecule has 1 aliphatic heterocycles. The maximum Gasteiger partial charge on any atom is 0.406 e. The molecule has 1 aliphatic rings. The molecule has 0 saturated carbocycles. The highest BCUT2D eigenvalue weighted by Crippen LogP contribution is 2.34. The molecule has 2 heterocycles. The van der Waals surface area contributed by atoms with E-state index in [0.29, 0.717) is 22.3 Å². The van der Waals surface area contributed by atoms with Crippen molar-refractivity contribution in [3.05, 3.63) is 48.2 Å². The minimum atomic E-state index is -4.44. The number of nitrogens with zero attached hydrogens (tertiary/aromatic N) is 3. The Morgan fingerprint density at radius 2 is 1.93 bits per heavy atom. The lowest BCUT2D eigenvalue weighted by molar-refractivity contribution is -0.140. The van der Waals surface area contributed by atoms with Crippen LogP contribution in [-0.2, 0) is 21.1 Å². The van der Waals surface area contributed by atoms with Gasteiger partial charge in [-0.25, -0.2) is 8.42 Å². The molecule has 222 valence electrons. The van der Waals surface area contributed by atoms with Gasteiger partial charge in [-0.2, -0.15) is 13.2 Å². The lowest BCUT2D eigenvalue weighted by atomic mass is 9.99. The smallest absolute Gasteiger partial charge is 0.406 e. The van der Waals surface area contributed by atoms with Gasteiger partial charge in [-0.3, -0.25) is 0 Å². The Morgan fingerprint density at radius 3 is 2.59 bits per heavy atom. The third kappa shape index (κ3) is 7.09. The first-order valence-corrected chi connectivity index (χ1v) is 15.0. The van der Waals surface area contributed by atoms with Gasteiger partial charge in [0.2, 0.25) is 0 Å². The van der Waals surface area contributed by atoms with Crippen molar-refractivity contribution in [2.75, 3.05) is 64.4 Å². The molecule has 1 N–H and O–H groups in total. The Balaban J connectivity index is 1.65. The molecule has 8 nitrogen and oxygen atoms in total. The van der Waals surface area contributed by atoms with Crippen molar-refractivity contribution in [2.45, 2.75) is 36.2 Å². The normalized spacial score (nSPS) is 18.1. The summed E-state index contributed by atoms with van der Waals surface area (Å²) in [6.07, 6.45) is -2.52. The van der Waals surface area contributed by atoms with Crippen LogP contribution in [0.3, 0.4) is 0 Å². The first kappa shape index (κ1) is 30.6. The monoisotopic (exact) mass is 592 g/mol. The molecule has 1 fully saturated rings. The van der Waals surface area contributed by atoms with Crippen molar-refractivity contribution >= 4 is 32.1 Å². The lowest BCUT2D eigenvalue weighted by Crippen LogP contribution is -2.53. The average Bonchev–Trinajstić information content (AvgIpc) is 3.25. The molecular formula is C29H35F3N4O4S. The van der Waals surface area contributed by atoms with Crippen LogP contribution in [0.15, 0.2) is 47.4 Å². The number of halogens is 3. The molecular weight excluding hydrogens is 557 g/mol. The summed E-state index contributed by atoms with van der Waals surface area (Å²) in [4.78, 5) is 4.42. The van der Waals surface area contributed by atoms with Gasteiger partial charge in [0.1, 0.15) is 12.3 Å². The van der Waals surface area contributed by atoms with Gasteiger partial charge < -0.3 is 29.2 Å². The third-order valence-corrected chi connectivity index (χ3v) is 8.46. The Labute approximate surface area is 238 Å². The van der Waals surface area contributed by atoms with Crippen molar-refractivity contribution in [1.29, 1.82) is 0 Å². The Bertz CT molecular complexity index is 1560. The number of aromatic nitrogens is 1. The van der Waals surface area contributed by atoms with Crippen LogP contribution in [0.25, 0.3) is 10.9 Å². The number of hydrogen-bond donors (Lipinski definition) is 1. The number of piperidine rings is 1. The summed E-state index contributed by atoms with van der Waals surface area (Å²) in [5, 5.41) is 3.73. The number of likely N-dealkylation sites (tertiary alicyclic amines) is 1. The molecule has 0 amide bonds. The number of sulfone groups is 1. The zero-order chi connectivity index (χ0) is 29.9. The van der Waals surface area contributed by atoms with Gasteiger partial charge >= 0.3 is 6.18 Å². The highest BCUT2D eigenvalue weighted by molar-refractivity contribution is 7.90. The quantitative estimate of drug-likeness (QED) is 0.393. The standard InChI is InChI=1S/C29H35F3N4O4S/c1-34-15-13-26(28(18-34)40-4)35(2)24-9-6-10-25-22(24)16-20(36(25)19-29(30,31)32)8-7-14-33-23-12-11-21(41(5,37)38)17-27(23)39-3/h6,9-12,16-17,26,28,33H,13-15,18-19H2,1-5H3/t26-,28+/m1/s1. The van der Waals surface area contributed by atoms with Crippen molar-refractivity contribution < 1.29 is 31.1 Å². The fourth-order valence-corrected chi connectivity index (χ4v) is 5.90. The van der Waals surface area contributed by atoms with E-state index in [0.717, 1.165) is 31.5 Å². The number of ether oxygens (including phenoxy) is 2. The highest BCUT2D eigenvalue weighted by atomic mass is 32.2. The van der Waals surface area contributed by atoms with Crippen LogP contribution in [0.1, 0.15) is 12.1 Å². The predicted molar refractivity (Wildman–Crippen MR) is 155 cm³/mol. The molecule has 1 aromatic heterocycles. The van der Waals surface area contributed by atoms with E-state index in [-0.39, 0.29) is 29.3 Å². The second-order valence-electron chi connectivity index (χ2n) is 10.2. The Morgan fingerprint density at radius 1 is 1.17 bits per heavy atom. The summed E-state index contributed by atoms with van der Waals surface area (Å²) in [5.41, 5.74) is 2.02. The molecule has 2 atom stereocenters.